The minimum Gasteiger partial charge on any atom is -0.489 e. The molecule has 0 aliphatic heterocycles. The maximum absolute atomic E-state index is 13.4. The van der Waals surface area contributed by atoms with E-state index in [1.807, 2.05) is 24.3 Å². The molecule has 7 heteroatoms. The Balaban J connectivity index is 1.71. The van der Waals surface area contributed by atoms with E-state index in [2.05, 4.69) is 17.2 Å². The summed E-state index contributed by atoms with van der Waals surface area (Å²) in [6.07, 6.45) is 1.64. The molecule has 0 saturated heterocycles. The minimum atomic E-state index is -0.786. The molecule has 2 N–H and O–H groups in total. The lowest BCUT2D eigenvalue weighted by molar-refractivity contribution is 0.235. The highest BCUT2D eigenvalue weighted by Crippen LogP contribution is 2.18. The molecule has 0 atom stereocenters. The predicted molar refractivity (Wildman–Crippen MR) is 94.2 cm³/mol. The van der Waals surface area contributed by atoms with E-state index in [-0.39, 0.29) is 25.4 Å². The third kappa shape index (κ3) is 6.08. The summed E-state index contributed by atoms with van der Waals surface area (Å²) in [6, 6.07) is 9.99. The Labute approximate surface area is 150 Å². The number of nitrogens with one attached hydrogen (secondary N) is 2. The van der Waals surface area contributed by atoms with Crippen molar-refractivity contribution < 1.29 is 23.0 Å². The van der Waals surface area contributed by atoms with Crippen LogP contribution >= 0.6 is 0 Å². The van der Waals surface area contributed by atoms with E-state index < -0.39 is 17.7 Å². The van der Waals surface area contributed by atoms with Crippen LogP contribution in [0.4, 0.5) is 13.6 Å². The Morgan fingerprint density at radius 1 is 1.08 bits per heavy atom. The largest absolute Gasteiger partial charge is 0.489 e. The number of amides is 2. The molecule has 26 heavy (non-hydrogen) atoms. The lowest BCUT2D eigenvalue weighted by Gasteiger charge is -2.12. The van der Waals surface area contributed by atoms with Crippen LogP contribution in [0.2, 0.25) is 0 Å². The topological polar surface area (TPSA) is 59.6 Å². The number of hydrogen-bond acceptors (Lipinski definition) is 3. The van der Waals surface area contributed by atoms with Gasteiger partial charge in [-0.3, -0.25) is 0 Å². The first kappa shape index (κ1) is 19.2. The Kier molecular flexibility index (Phi) is 7.42. The molecular formula is C19H20F2N2O3. The summed E-state index contributed by atoms with van der Waals surface area (Å²) in [5.74, 6) is -0.861. The second kappa shape index (κ2) is 10.0. The van der Waals surface area contributed by atoms with Gasteiger partial charge in [-0.05, 0) is 18.2 Å². The molecule has 0 heterocycles. The Bertz CT molecular complexity index is 753. The highest BCUT2D eigenvalue weighted by molar-refractivity contribution is 5.73. The first-order chi connectivity index (χ1) is 12.6. The van der Waals surface area contributed by atoms with Crippen LogP contribution in [0, 0.1) is 11.6 Å². The van der Waals surface area contributed by atoms with Gasteiger partial charge in [0, 0.05) is 18.2 Å². The summed E-state index contributed by atoms with van der Waals surface area (Å²) >= 11 is 0. The predicted octanol–water partition coefficient (Wildman–Crippen LogP) is 3.41. The van der Waals surface area contributed by atoms with Crippen molar-refractivity contribution in [1.82, 2.24) is 10.6 Å². The van der Waals surface area contributed by atoms with Crippen LogP contribution in [0.5, 0.6) is 11.5 Å². The van der Waals surface area contributed by atoms with Crippen molar-refractivity contribution in [2.24, 2.45) is 0 Å². The number of rotatable bonds is 9. The Hall–Kier alpha value is -3.09. The molecule has 0 fully saturated rings. The fourth-order valence-electron chi connectivity index (χ4n) is 2.10. The van der Waals surface area contributed by atoms with Crippen LogP contribution in [0.15, 0.2) is 55.1 Å². The number of benzene rings is 2. The highest BCUT2D eigenvalue weighted by Gasteiger charge is 2.07. The van der Waals surface area contributed by atoms with Crippen molar-refractivity contribution in [3.05, 3.63) is 72.3 Å². The summed E-state index contributed by atoms with van der Waals surface area (Å²) in [5.41, 5.74) is 0.828. The van der Waals surface area contributed by atoms with Gasteiger partial charge in [0.25, 0.3) is 0 Å². The van der Waals surface area contributed by atoms with Crippen molar-refractivity contribution in [2.45, 2.75) is 6.54 Å². The molecule has 0 radical (unpaired) electrons. The van der Waals surface area contributed by atoms with Crippen LogP contribution in [-0.4, -0.2) is 25.8 Å². The summed E-state index contributed by atoms with van der Waals surface area (Å²) < 4.78 is 36.8. The zero-order valence-electron chi connectivity index (χ0n) is 14.1. The second-order valence-electron chi connectivity index (χ2n) is 5.24. The van der Waals surface area contributed by atoms with Crippen LogP contribution in [-0.2, 0) is 6.54 Å². The standard InChI is InChI=1S/C19H20F2N2O3/c1-2-10-25-17-6-4-3-5-14(17)13-23-19(24)22-9-11-26-18-8-7-15(20)12-16(18)21/h2-8,12H,1,9-11,13H2,(H2,22,23,24). The molecule has 2 aromatic carbocycles. The maximum Gasteiger partial charge on any atom is 0.315 e. The number of para-hydroxylation sites is 1. The molecule has 2 amide bonds. The van der Waals surface area contributed by atoms with Crippen LogP contribution in [0.25, 0.3) is 0 Å². The quantitative estimate of drug-likeness (QED) is 0.531. The number of urea groups is 1. The van der Waals surface area contributed by atoms with Gasteiger partial charge in [-0.1, -0.05) is 30.9 Å². The van der Waals surface area contributed by atoms with Gasteiger partial charge in [0.2, 0.25) is 0 Å². The average molecular weight is 362 g/mol. The third-order valence-corrected chi connectivity index (χ3v) is 3.31. The number of carbonyl (C=O) groups excluding carboxylic acids is 1. The van der Waals surface area contributed by atoms with Crippen molar-refractivity contribution in [1.29, 1.82) is 0 Å². The molecule has 5 nitrogen and oxygen atoms in total. The number of halogens is 2. The fourth-order valence-corrected chi connectivity index (χ4v) is 2.10. The first-order valence-corrected chi connectivity index (χ1v) is 8.01. The molecule has 0 unspecified atom stereocenters. The molecule has 0 spiro atoms. The summed E-state index contributed by atoms with van der Waals surface area (Å²) in [6.45, 7) is 4.47. The summed E-state index contributed by atoms with van der Waals surface area (Å²) in [4.78, 5) is 11.8. The SMILES string of the molecule is C=CCOc1ccccc1CNC(=O)NCCOc1ccc(F)cc1F. The highest BCUT2D eigenvalue weighted by atomic mass is 19.1. The maximum atomic E-state index is 13.4. The molecule has 2 aromatic rings. The van der Waals surface area contributed by atoms with E-state index in [1.165, 1.54) is 6.07 Å². The van der Waals surface area contributed by atoms with Crippen molar-refractivity contribution in [3.8, 4) is 11.5 Å². The van der Waals surface area contributed by atoms with E-state index in [0.717, 1.165) is 17.7 Å². The summed E-state index contributed by atoms with van der Waals surface area (Å²) in [5, 5.41) is 5.29. The minimum absolute atomic E-state index is 0.0506. The van der Waals surface area contributed by atoms with Gasteiger partial charge in [-0.25, -0.2) is 13.6 Å². The van der Waals surface area contributed by atoms with Crippen molar-refractivity contribution >= 4 is 6.03 Å². The van der Waals surface area contributed by atoms with E-state index in [1.54, 1.807) is 6.08 Å². The molecule has 0 aromatic heterocycles. The molecular weight excluding hydrogens is 342 g/mol. The molecule has 0 saturated carbocycles. The van der Waals surface area contributed by atoms with Crippen LogP contribution in [0.3, 0.4) is 0 Å². The molecule has 0 bridgehead atoms. The zero-order valence-corrected chi connectivity index (χ0v) is 14.1. The van der Waals surface area contributed by atoms with Crippen molar-refractivity contribution in [3.63, 3.8) is 0 Å². The summed E-state index contributed by atoms with van der Waals surface area (Å²) in [7, 11) is 0. The Morgan fingerprint density at radius 2 is 1.88 bits per heavy atom. The van der Waals surface area contributed by atoms with E-state index in [9.17, 15) is 13.6 Å². The van der Waals surface area contributed by atoms with Crippen molar-refractivity contribution in [2.75, 3.05) is 19.8 Å². The lowest BCUT2D eigenvalue weighted by Crippen LogP contribution is -2.37. The van der Waals surface area contributed by atoms with Gasteiger partial charge in [-0.15, -0.1) is 0 Å². The Morgan fingerprint density at radius 3 is 2.65 bits per heavy atom. The first-order valence-electron chi connectivity index (χ1n) is 8.01. The zero-order chi connectivity index (χ0) is 18.8. The molecule has 0 aliphatic carbocycles. The van der Waals surface area contributed by atoms with Gasteiger partial charge < -0.3 is 20.1 Å². The smallest absolute Gasteiger partial charge is 0.315 e. The van der Waals surface area contributed by atoms with E-state index in [4.69, 9.17) is 9.47 Å². The van der Waals surface area contributed by atoms with Crippen LogP contribution in [0.1, 0.15) is 5.56 Å². The van der Waals surface area contributed by atoms with Gasteiger partial charge >= 0.3 is 6.03 Å². The van der Waals surface area contributed by atoms with E-state index >= 15 is 0 Å². The average Bonchev–Trinajstić information content (AvgIpc) is 2.64. The molecule has 2 rings (SSSR count). The van der Waals surface area contributed by atoms with Crippen LogP contribution < -0.4 is 20.1 Å². The fraction of sp³-hybridized carbons (Fsp3) is 0.211. The van der Waals surface area contributed by atoms with Gasteiger partial charge in [0.1, 0.15) is 24.8 Å². The normalized spacial score (nSPS) is 10.1. The lowest BCUT2D eigenvalue weighted by atomic mass is 10.2. The van der Waals surface area contributed by atoms with Gasteiger partial charge in [0.05, 0.1) is 6.54 Å². The number of hydrogen-bond donors (Lipinski definition) is 2. The monoisotopic (exact) mass is 362 g/mol. The number of ether oxygens (including phenoxy) is 2. The van der Waals surface area contributed by atoms with E-state index in [0.29, 0.717) is 12.4 Å². The molecule has 0 aliphatic rings. The van der Waals surface area contributed by atoms with Gasteiger partial charge in [0.15, 0.2) is 11.6 Å². The molecule has 138 valence electrons. The van der Waals surface area contributed by atoms with Gasteiger partial charge in [-0.2, -0.15) is 0 Å². The second-order valence-corrected chi connectivity index (χ2v) is 5.24. The number of carbonyl (C=O) groups is 1. The third-order valence-electron chi connectivity index (χ3n) is 3.31.